The van der Waals surface area contributed by atoms with E-state index in [9.17, 15) is 4.79 Å². The minimum absolute atomic E-state index is 0.0835. The first kappa shape index (κ1) is 18.7. The molecule has 5 rings (SSSR count). The standard InChI is InChI=1S/C23H29N3O3/c1-16(27)26-12-9-22-21(15-26)24-23(29-22)17-5-7-19(8-6-17)28-20-13-18(14-20)25-10-3-2-4-11-25/h5-8,18,20H,2-4,9-15H2,1H3. The van der Waals surface area contributed by atoms with Crippen LogP contribution < -0.4 is 4.74 Å². The fraction of sp³-hybridized carbons (Fsp3) is 0.565. The zero-order valence-electron chi connectivity index (χ0n) is 17.1. The van der Waals surface area contributed by atoms with Crippen molar-refractivity contribution >= 4 is 5.91 Å². The Hall–Kier alpha value is -2.34. The van der Waals surface area contributed by atoms with Gasteiger partial charge in [0.05, 0.1) is 6.54 Å². The molecule has 1 aromatic heterocycles. The number of nitrogens with zero attached hydrogens (tertiary/aromatic N) is 3. The van der Waals surface area contributed by atoms with Crippen LogP contribution in [0.2, 0.25) is 0 Å². The zero-order chi connectivity index (χ0) is 19.8. The highest BCUT2D eigenvalue weighted by molar-refractivity contribution is 5.73. The van der Waals surface area contributed by atoms with Gasteiger partial charge in [-0.05, 0) is 50.2 Å². The molecule has 3 aliphatic rings. The lowest BCUT2D eigenvalue weighted by Gasteiger charge is -2.44. The molecular formula is C23H29N3O3. The minimum Gasteiger partial charge on any atom is -0.490 e. The molecule has 0 radical (unpaired) electrons. The Morgan fingerprint density at radius 2 is 1.86 bits per heavy atom. The Balaban J connectivity index is 1.18. The summed E-state index contributed by atoms with van der Waals surface area (Å²) in [6, 6.07) is 8.75. The Kier molecular flexibility index (Phi) is 5.04. The molecule has 0 spiro atoms. The Labute approximate surface area is 171 Å². The van der Waals surface area contributed by atoms with Crippen LogP contribution in [0.15, 0.2) is 28.7 Å². The number of carbonyl (C=O) groups excluding carboxylic acids is 1. The number of oxazole rings is 1. The van der Waals surface area contributed by atoms with Crippen LogP contribution >= 0.6 is 0 Å². The smallest absolute Gasteiger partial charge is 0.226 e. The van der Waals surface area contributed by atoms with Gasteiger partial charge in [0.25, 0.3) is 0 Å². The van der Waals surface area contributed by atoms with Gasteiger partial charge >= 0.3 is 0 Å². The maximum Gasteiger partial charge on any atom is 0.226 e. The summed E-state index contributed by atoms with van der Waals surface area (Å²) in [5.74, 6) is 2.52. The molecule has 6 nitrogen and oxygen atoms in total. The van der Waals surface area contributed by atoms with Crippen molar-refractivity contribution in [2.75, 3.05) is 19.6 Å². The predicted octanol–water partition coefficient (Wildman–Crippen LogP) is 3.64. The number of ether oxygens (including phenoxy) is 1. The molecule has 0 atom stereocenters. The highest BCUT2D eigenvalue weighted by Crippen LogP contribution is 2.33. The number of hydrogen-bond acceptors (Lipinski definition) is 5. The third-order valence-electron chi connectivity index (χ3n) is 6.55. The summed E-state index contributed by atoms with van der Waals surface area (Å²) in [5, 5.41) is 0. The van der Waals surface area contributed by atoms with Gasteiger partial charge in [-0.15, -0.1) is 0 Å². The highest BCUT2D eigenvalue weighted by Gasteiger charge is 2.35. The summed E-state index contributed by atoms with van der Waals surface area (Å²) >= 11 is 0. The van der Waals surface area contributed by atoms with E-state index >= 15 is 0 Å². The summed E-state index contributed by atoms with van der Waals surface area (Å²) in [6.07, 6.45) is 7.42. The van der Waals surface area contributed by atoms with Crippen molar-refractivity contribution in [3.8, 4) is 17.2 Å². The first-order valence-corrected chi connectivity index (χ1v) is 10.9. The molecule has 0 N–H and O–H groups in total. The second kappa shape index (κ2) is 7.82. The van der Waals surface area contributed by atoms with E-state index in [0.717, 1.165) is 42.0 Å². The number of likely N-dealkylation sites (tertiary alicyclic amines) is 1. The van der Waals surface area contributed by atoms with Gasteiger partial charge in [0, 0.05) is 44.3 Å². The molecule has 1 aliphatic carbocycles. The molecule has 1 saturated heterocycles. The van der Waals surface area contributed by atoms with E-state index in [1.807, 2.05) is 24.3 Å². The first-order chi connectivity index (χ1) is 14.2. The molecule has 3 heterocycles. The van der Waals surface area contributed by atoms with Crippen molar-refractivity contribution in [1.82, 2.24) is 14.8 Å². The maximum atomic E-state index is 11.6. The third-order valence-corrected chi connectivity index (χ3v) is 6.55. The number of aromatic nitrogens is 1. The monoisotopic (exact) mass is 395 g/mol. The first-order valence-electron chi connectivity index (χ1n) is 10.9. The van der Waals surface area contributed by atoms with Crippen molar-refractivity contribution in [1.29, 1.82) is 0 Å². The van der Waals surface area contributed by atoms with Gasteiger partial charge in [-0.3, -0.25) is 4.79 Å². The van der Waals surface area contributed by atoms with Crippen LogP contribution in [0.4, 0.5) is 0 Å². The molecule has 0 unspecified atom stereocenters. The number of benzene rings is 1. The number of piperidine rings is 1. The fourth-order valence-electron chi connectivity index (χ4n) is 4.68. The largest absolute Gasteiger partial charge is 0.490 e. The van der Waals surface area contributed by atoms with Crippen molar-refractivity contribution in [2.45, 2.75) is 64.1 Å². The van der Waals surface area contributed by atoms with E-state index in [2.05, 4.69) is 9.88 Å². The summed E-state index contributed by atoms with van der Waals surface area (Å²) in [4.78, 5) is 20.7. The van der Waals surface area contributed by atoms with E-state index in [0.29, 0.717) is 31.1 Å². The Morgan fingerprint density at radius 3 is 2.59 bits per heavy atom. The van der Waals surface area contributed by atoms with Crippen LogP contribution in [-0.4, -0.2) is 52.5 Å². The molecule has 154 valence electrons. The summed E-state index contributed by atoms with van der Waals surface area (Å²) in [6.45, 7) is 5.35. The second-order valence-corrected chi connectivity index (χ2v) is 8.57. The zero-order valence-corrected chi connectivity index (χ0v) is 17.1. The van der Waals surface area contributed by atoms with Crippen LogP contribution in [0, 0.1) is 0 Å². The van der Waals surface area contributed by atoms with Crippen molar-refractivity contribution in [2.24, 2.45) is 0 Å². The number of hydrogen-bond donors (Lipinski definition) is 0. The summed E-state index contributed by atoms with van der Waals surface area (Å²) in [7, 11) is 0. The van der Waals surface area contributed by atoms with E-state index in [-0.39, 0.29) is 5.91 Å². The molecule has 1 aromatic carbocycles. The number of amides is 1. The lowest BCUT2D eigenvalue weighted by molar-refractivity contribution is -0.129. The van der Waals surface area contributed by atoms with Crippen LogP contribution in [-0.2, 0) is 17.8 Å². The molecule has 1 saturated carbocycles. The van der Waals surface area contributed by atoms with Gasteiger partial charge in [-0.1, -0.05) is 6.42 Å². The molecule has 29 heavy (non-hydrogen) atoms. The second-order valence-electron chi connectivity index (χ2n) is 8.57. The molecule has 2 aromatic rings. The average Bonchev–Trinajstić information content (AvgIpc) is 3.15. The molecule has 6 heteroatoms. The van der Waals surface area contributed by atoms with Crippen LogP contribution in [0.25, 0.3) is 11.5 Å². The van der Waals surface area contributed by atoms with Gasteiger partial charge in [0.2, 0.25) is 11.8 Å². The summed E-state index contributed by atoms with van der Waals surface area (Å²) < 4.78 is 12.1. The molecule has 1 amide bonds. The summed E-state index contributed by atoms with van der Waals surface area (Å²) in [5.41, 5.74) is 1.82. The lowest BCUT2D eigenvalue weighted by atomic mass is 9.86. The maximum absolute atomic E-state index is 11.6. The Bertz CT molecular complexity index is 864. The average molecular weight is 396 g/mol. The molecule has 0 bridgehead atoms. The van der Waals surface area contributed by atoms with E-state index in [1.165, 1.54) is 32.4 Å². The van der Waals surface area contributed by atoms with Crippen molar-refractivity contribution < 1.29 is 13.9 Å². The number of rotatable bonds is 4. The van der Waals surface area contributed by atoms with E-state index < -0.39 is 0 Å². The van der Waals surface area contributed by atoms with Crippen molar-refractivity contribution in [3.05, 3.63) is 35.7 Å². The van der Waals surface area contributed by atoms with Gasteiger partial charge < -0.3 is 19.0 Å². The van der Waals surface area contributed by atoms with Crippen LogP contribution in [0.1, 0.15) is 50.5 Å². The van der Waals surface area contributed by atoms with E-state index in [4.69, 9.17) is 9.15 Å². The fourth-order valence-corrected chi connectivity index (χ4v) is 4.68. The predicted molar refractivity (Wildman–Crippen MR) is 110 cm³/mol. The van der Waals surface area contributed by atoms with Crippen molar-refractivity contribution in [3.63, 3.8) is 0 Å². The van der Waals surface area contributed by atoms with E-state index in [1.54, 1.807) is 11.8 Å². The third kappa shape index (κ3) is 3.90. The molecular weight excluding hydrogens is 366 g/mol. The minimum atomic E-state index is 0.0835. The van der Waals surface area contributed by atoms with Crippen LogP contribution in [0.3, 0.4) is 0 Å². The normalized spacial score (nSPS) is 24.7. The number of fused-ring (bicyclic) bond motifs is 1. The SMILES string of the molecule is CC(=O)N1CCc2oc(-c3ccc(OC4CC(N5CCCCC5)C4)cc3)nc2C1. The highest BCUT2D eigenvalue weighted by atomic mass is 16.5. The van der Waals surface area contributed by atoms with Gasteiger partial charge in [-0.2, -0.15) is 0 Å². The van der Waals surface area contributed by atoms with Crippen LogP contribution in [0.5, 0.6) is 5.75 Å². The number of carbonyl (C=O) groups is 1. The van der Waals surface area contributed by atoms with Gasteiger partial charge in [0.1, 0.15) is 23.3 Å². The van der Waals surface area contributed by atoms with Gasteiger partial charge in [-0.25, -0.2) is 4.98 Å². The van der Waals surface area contributed by atoms with Gasteiger partial charge in [0.15, 0.2) is 0 Å². The topological polar surface area (TPSA) is 58.8 Å². The molecule has 2 fully saturated rings. The Morgan fingerprint density at radius 1 is 1.10 bits per heavy atom. The lowest BCUT2D eigenvalue weighted by Crippen LogP contribution is -2.50. The molecule has 2 aliphatic heterocycles. The quantitative estimate of drug-likeness (QED) is 0.791.